The Balaban J connectivity index is 2.66. The fourth-order valence-electron chi connectivity index (χ4n) is 1.62. The third kappa shape index (κ3) is 3.83. The molecule has 0 aliphatic heterocycles. The summed E-state index contributed by atoms with van der Waals surface area (Å²) in [6.07, 6.45) is -0.319. The molecule has 1 aromatic carbocycles. The molecule has 0 unspecified atom stereocenters. The third-order valence-electron chi connectivity index (χ3n) is 2.34. The van der Waals surface area contributed by atoms with Crippen LogP contribution in [0.2, 0.25) is 0 Å². The molecule has 2 N–H and O–H groups in total. The minimum Gasteiger partial charge on any atom is -0.493 e. The van der Waals surface area contributed by atoms with E-state index in [1.54, 1.807) is 6.92 Å². The van der Waals surface area contributed by atoms with E-state index in [9.17, 15) is 0 Å². The Hall–Kier alpha value is -1.06. The van der Waals surface area contributed by atoms with E-state index in [1.165, 1.54) is 0 Å². The van der Waals surface area contributed by atoms with Gasteiger partial charge in [0.15, 0.2) is 0 Å². The van der Waals surface area contributed by atoms with Gasteiger partial charge in [0.2, 0.25) is 0 Å². The van der Waals surface area contributed by atoms with Gasteiger partial charge >= 0.3 is 0 Å². The second kappa shape index (κ2) is 6.51. The number of hydrogen-bond donors (Lipinski definition) is 2. The van der Waals surface area contributed by atoms with Crippen LogP contribution in [0, 0.1) is 6.92 Å². The molecule has 3 nitrogen and oxygen atoms in total. The Bertz CT molecular complexity index is 324. The van der Waals surface area contributed by atoms with Crippen LogP contribution in [0.3, 0.4) is 0 Å². The van der Waals surface area contributed by atoms with Crippen LogP contribution < -0.4 is 10.1 Å². The number of aliphatic hydroxyl groups is 1. The van der Waals surface area contributed by atoms with Crippen LogP contribution in [0.4, 0.5) is 0 Å². The average molecular weight is 223 g/mol. The summed E-state index contributed by atoms with van der Waals surface area (Å²) >= 11 is 0. The van der Waals surface area contributed by atoms with Gasteiger partial charge in [-0.05, 0) is 26.3 Å². The van der Waals surface area contributed by atoms with Crippen LogP contribution in [0.15, 0.2) is 18.2 Å². The van der Waals surface area contributed by atoms with Crippen molar-refractivity contribution in [2.45, 2.75) is 33.4 Å². The fourth-order valence-corrected chi connectivity index (χ4v) is 1.62. The molecule has 1 rings (SSSR count). The first-order valence-corrected chi connectivity index (χ1v) is 5.75. The second-order valence-corrected chi connectivity index (χ2v) is 3.98. The molecule has 0 amide bonds. The Morgan fingerprint density at radius 1 is 1.44 bits per heavy atom. The zero-order chi connectivity index (χ0) is 12.0. The number of hydrogen-bond acceptors (Lipinski definition) is 3. The van der Waals surface area contributed by atoms with E-state index in [-0.39, 0.29) is 6.10 Å². The predicted molar refractivity (Wildman–Crippen MR) is 65.7 cm³/mol. The van der Waals surface area contributed by atoms with Crippen molar-refractivity contribution in [3.8, 4) is 5.75 Å². The number of ether oxygens (including phenoxy) is 1. The van der Waals surface area contributed by atoms with Gasteiger partial charge in [0.05, 0.1) is 12.7 Å². The largest absolute Gasteiger partial charge is 0.493 e. The van der Waals surface area contributed by atoms with Crippen LogP contribution in [0.1, 0.15) is 25.0 Å². The van der Waals surface area contributed by atoms with E-state index in [4.69, 9.17) is 9.84 Å². The molecule has 0 aliphatic carbocycles. The van der Waals surface area contributed by atoms with Crippen LogP contribution in [0.25, 0.3) is 0 Å². The highest BCUT2D eigenvalue weighted by molar-refractivity contribution is 5.40. The van der Waals surface area contributed by atoms with Crippen molar-refractivity contribution in [3.63, 3.8) is 0 Å². The molecule has 0 bridgehead atoms. The second-order valence-electron chi connectivity index (χ2n) is 3.98. The maximum Gasteiger partial charge on any atom is 0.126 e. The molecule has 0 radical (unpaired) electrons. The Labute approximate surface area is 97.4 Å². The topological polar surface area (TPSA) is 41.5 Å². The molecule has 1 atom stereocenters. The van der Waals surface area contributed by atoms with E-state index >= 15 is 0 Å². The lowest BCUT2D eigenvalue weighted by molar-refractivity contribution is 0.190. The van der Waals surface area contributed by atoms with Crippen LogP contribution in [-0.2, 0) is 6.54 Å². The highest BCUT2D eigenvalue weighted by atomic mass is 16.5. The van der Waals surface area contributed by atoms with E-state index in [1.807, 2.05) is 32.0 Å². The lowest BCUT2D eigenvalue weighted by atomic mass is 10.1. The monoisotopic (exact) mass is 223 g/mol. The van der Waals surface area contributed by atoms with Crippen LogP contribution in [0.5, 0.6) is 5.75 Å². The lowest BCUT2D eigenvalue weighted by Gasteiger charge is -2.14. The highest BCUT2D eigenvalue weighted by Crippen LogP contribution is 2.23. The van der Waals surface area contributed by atoms with E-state index < -0.39 is 0 Å². The molecule has 90 valence electrons. The number of aryl methyl sites for hydroxylation is 1. The summed E-state index contributed by atoms with van der Waals surface area (Å²) in [5.41, 5.74) is 2.29. The standard InChI is InChI=1S/C13H21NO2/c1-4-16-13-10(2)6-5-7-12(13)9-14-8-11(3)15/h5-7,11,14-15H,4,8-9H2,1-3H3/t11-/m1/s1. The molecule has 1 aromatic rings. The Morgan fingerprint density at radius 2 is 2.19 bits per heavy atom. The van der Waals surface area contributed by atoms with Gasteiger partial charge in [-0.25, -0.2) is 0 Å². The Morgan fingerprint density at radius 3 is 2.81 bits per heavy atom. The molecule has 0 aromatic heterocycles. The number of rotatable bonds is 6. The maximum atomic E-state index is 9.16. The van der Waals surface area contributed by atoms with Crippen molar-refractivity contribution in [1.29, 1.82) is 0 Å². The van der Waals surface area contributed by atoms with E-state index in [0.717, 1.165) is 23.4 Å². The summed E-state index contributed by atoms with van der Waals surface area (Å²) in [7, 11) is 0. The molecular weight excluding hydrogens is 202 g/mol. The van der Waals surface area contributed by atoms with Gasteiger partial charge in [-0.3, -0.25) is 0 Å². The lowest BCUT2D eigenvalue weighted by Crippen LogP contribution is -2.24. The summed E-state index contributed by atoms with van der Waals surface area (Å²) in [5.74, 6) is 0.961. The normalized spacial score (nSPS) is 12.5. The van der Waals surface area contributed by atoms with Gasteiger partial charge in [0.25, 0.3) is 0 Å². The molecule has 16 heavy (non-hydrogen) atoms. The van der Waals surface area contributed by atoms with Crippen molar-refractivity contribution >= 4 is 0 Å². The Kier molecular flexibility index (Phi) is 5.29. The van der Waals surface area contributed by atoms with Gasteiger partial charge in [-0.1, -0.05) is 18.2 Å². The molecule has 0 saturated carbocycles. The van der Waals surface area contributed by atoms with Crippen molar-refractivity contribution in [2.24, 2.45) is 0 Å². The summed E-state index contributed by atoms with van der Waals surface area (Å²) in [6.45, 7) is 7.80. The third-order valence-corrected chi connectivity index (χ3v) is 2.34. The van der Waals surface area contributed by atoms with E-state index in [0.29, 0.717) is 13.2 Å². The molecule has 3 heteroatoms. The smallest absolute Gasteiger partial charge is 0.126 e. The molecule has 0 saturated heterocycles. The fraction of sp³-hybridized carbons (Fsp3) is 0.538. The summed E-state index contributed by atoms with van der Waals surface area (Å²) < 4.78 is 5.62. The summed E-state index contributed by atoms with van der Waals surface area (Å²) in [6, 6.07) is 6.12. The zero-order valence-corrected chi connectivity index (χ0v) is 10.3. The molecule has 0 heterocycles. The van der Waals surface area contributed by atoms with Gasteiger partial charge in [-0.15, -0.1) is 0 Å². The van der Waals surface area contributed by atoms with Gasteiger partial charge < -0.3 is 15.2 Å². The quantitative estimate of drug-likeness (QED) is 0.773. The average Bonchev–Trinajstić information content (AvgIpc) is 2.22. The molecule has 0 fully saturated rings. The van der Waals surface area contributed by atoms with Crippen molar-refractivity contribution < 1.29 is 9.84 Å². The maximum absolute atomic E-state index is 9.16. The van der Waals surface area contributed by atoms with Gasteiger partial charge in [0, 0.05) is 18.7 Å². The van der Waals surface area contributed by atoms with Crippen molar-refractivity contribution in [1.82, 2.24) is 5.32 Å². The van der Waals surface area contributed by atoms with Crippen molar-refractivity contribution in [2.75, 3.05) is 13.2 Å². The van der Waals surface area contributed by atoms with Gasteiger partial charge in [-0.2, -0.15) is 0 Å². The zero-order valence-electron chi connectivity index (χ0n) is 10.3. The first-order chi connectivity index (χ1) is 7.65. The van der Waals surface area contributed by atoms with E-state index in [2.05, 4.69) is 5.32 Å². The van der Waals surface area contributed by atoms with Crippen LogP contribution >= 0.6 is 0 Å². The minimum atomic E-state index is -0.319. The number of nitrogens with one attached hydrogen (secondary N) is 1. The molecule has 0 aliphatic rings. The number of benzene rings is 1. The number of para-hydroxylation sites is 1. The van der Waals surface area contributed by atoms with Crippen molar-refractivity contribution in [3.05, 3.63) is 29.3 Å². The first kappa shape index (κ1) is 13.0. The summed E-state index contributed by atoms with van der Waals surface area (Å²) in [5, 5.41) is 12.4. The molecule has 0 spiro atoms. The van der Waals surface area contributed by atoms with Crippen LogP contribution in [-0.4, -0.2) is 24.4 Å². The predicted octanol–water partition coefficient (Wildman–Crippen LogP) is 1.86. The first-order valence-electron chi connectivity index (χ1n) is 5.75. The minimum absolute atomic E-state index is 0.319. The SMILES string of the molecule is CCOc1c(C)cccc1CNC[C@@H](C)O. The number of aliphatic hydroxyl groups excluding tert-OH is 1. The highest BCUT2D eigenvalue weighted by Gasteiger charge is 2.06. The molecular formula is C13H21NO2. The summed E-state index contributed by atoms with van der Waals surface area (Å²) in [4.78, 5) is 0. The van der Waals surface area contributed by atoms with Gasteiger partial charge in [0.1, 0.15) is 5.75 Å².